The quantitative estimate of drug-likeness (QED) is 0.650. The number of ether oxygens (including phenoxy) is 2. The first-order chi connectivity index (χ1) is 13.8. The molecule has 3 aromatic carbocycles. The molecule has 0 aliphatic carbocycles. The van der Waals surface area contributed by atoms with Crippen molar-refractivity contribution in [1.29, 1.82) is 0 Å². The molecule has 0 unspecified atom stereocenters. The van der Waals surface area contributed by atoms with Gasteiger partial charge in [0.05, 0.1) is 7.11 Å². The molecule has 0 radical (unpaired) electrons. The summed E-state index contributed by atoms with van der Waals surface area (Å²) in [6.45, 7) is 0.719. The minimum absolute atomic E-state index is 0.00924. The number of rotatable bonds is 5. The molecule has 0 atom stereocenters. The second-order valence-electron chi connectivity index (χ2n) is 6.79. The molecule has 1 aliphatic rings. The molecule has 28 heavy (non-hydrogen) atoms. The van der Waals surface area contributed by atoms with E-state index in [9.17, 15) is 4.79 Å². The molecular weight excluding hydrogens is 350 g/mol. The minimum Gasteiger partial charge on any atom is -0.497 e. The highest BCUT2D eigenvalue weighted by atomic mass is 16.5. The van der Waals surface area contributed by atoms with Crippen LogP contribution in [0.25, 0.3) is 11.1 Å². The average Bonchev–Trinajstić information content (AvgIpc) is 2.77. The summed E-state index contributed by atoms with van der Waals surface area (Å²) in [5, 5.41) is 0. The van der Waals surface area contributed by atoms with Crippen LogP contribution in [-0.4, -0.2) is 26.2 Å². The fourth-order valence-electron chi connectivity index (χ4n) is 3.63. The number of nitrogens with zero attached hydrogens (tertiary/aromatic N) is 1. The maximum Gasteiger partial charge on any atom is 0.264 e. The number of carbonyl (C=O) groups is 1. The third-order valence-electron chi connectivity index (χ3n) is 5.03. The summed E-state index contributed by atoms with van der Waals surface area (Å²) in [6.07, 6.45) is 1.89. The van der Waals surface area contributed by atoms with Crippen LogP contribution in [0.15, 0.2) is 72.8 Å². The highest BCUT2D eigenvalue weighted by Crippen LogP contribution is 2.32. The fourth-order valence-corrected chi connectivity index (χ4v) is 3.63. The van der Waals surface area contributed by atoms with Crippen molar-refractivity contribution >= 4 is 11.6 Å². The second-order valence-corrected chi connectivity index (χ2v) is 6.79. The Kier molecular flexibility index (Phi) is 5.29. The molecule has 1 aliphatic heterocycles. The number of fused-ring (bicyclic) bond motifs is 1. The molecular formula is C24H23NO3. The molecule has 0 saturated carbocycles. The van der Waals surface area contributed by atoms with E-state index in [4.69, 9.17) is 9.47 Å². The Hall–Kier alpha value is -3.27. The van der Waals surface area contributed by atoms with Crippen molar-refractivity contribution < 1.29 is 14.3 Å². The van der Waals surface area contributed by atoms with Crippen molar-refractivity contribution in [1.82, 2.24) is 0 Å². The maximum atomic E-state index is 12.9. The zero-order valence-corrected chi connectivity index (χ0v) is 15.9. The molecule has 1 amide bonds. The van der Waals surface area contributed by atoms with Crippen LogP contribution in [0.5, 0.6) is 11.5 Å². The number of hydrogen-bond donors (Lipinski definition) is 0. The number of anilines is 1. The topological polar surface area (TPSA) is 38.8 Å². The van der Waals surface area contributed by atoms with Crippen LogP contribution >= 0.6 is 0 Å². The van der Waals surface area contributed by atoms with Gasteiger partial charge in [-0.3, -0.25) is 4.79 Å². The maximum absolute atomic E-state index is 12.9. The summed E-state index contributed by atoms with van der Waals surface area (Å²) in [6, 6.07) is 23.8. The summed E-state index contributed by atoms with van der Waals surface area (Å²) < 4.78 is 11.3. The first kappa shape index (κ1) is 18.1. The van der Waals surface area contributed by atoms with Gasteiger partial charge in [-0.05, 0) is 48.2 Å². The number of amides is 1. The van der Waals surface area contributed by atoms with E-state index < -0.39 is 0 Å². The van der Waals surface area contributed by atoms with E-state index in [0.717, 1.165) is 41.0 Å². The van der Waals surface area contributed by atoms with Crippen LogP contribution in [0.3, 0.4) is 0 Å². The number of carbonyl (C=O) groups excluding carboxylic acids is 1. The van der Waals surface area contributed by atoms with Gasteiger partial charge in [-0.15, -0.1) is 0 Å². The van der Waals surface area contributed by atoms with E-state index in [1.165, 1.54) is 0 Å². The number of aryl methyl sites for hydroxylation is 1. The van der Waals surface area contributed by atoms with Crippen molar-refractivity contribution in [2.75, 3.05) is 25.2 Å². The standard InChI is InChI=1S/C24H23NO3/c1-27-20-13-14-22-19(16-20)10-7-15-25(22)24(26)17-28-23-12-6-5-11-21(23)18-8-3-2-4-9-18/h2-6,8-9,11-14,16H,7,10,15,17H2,1H3. The first-order valence-corrected chi connectivity index (χ1v) is 9.51. The summed E-state index contributed by atoms with van der Waals surface area (Å²) in [5.41, 5.74) is 4.15. The highest BCUT2D eigenvalue weighted by Gasteiger charge is 2.23. The van der Waals surface area contributed by atoms with Crippen LogP contribution in [0.4, 0.5) is 5.69 Å². The molecule has 0 N–H and O–H groups in total. The number of para-hydroxylation sites is 1. The van der Waals surface area contributed by atoms with Gasteiger partial charge in [-0.25, -0.2) is 0 Å². The Morgan fingerprint density at radius 1 is 1.00 bits per heavy atom. The zero-order chi connectivity index (χ0) is 19.3. The summed E-state index contributed by atoms with van der Waals surface area (Å²) in [5.74, 6) is 1.50. The molecule has 0 aromatic heterocycles. The van der Waals surface area contributed by atoms with Gasteiger partial charge < -0.3 is 14.4 Å². The monoisotopic (exact) mass is 373 g/mol. The van der Waals surface area contributed by atoms with E-state index in [0.29, 0.717) is 12.3 Å². The number of hydrogen-bond acceptors (Lipinski definition) is 3. The Morgan fingerprint density at radius 3 is 2.61 bits per heavy atom. The van der Waals surface area contributed by atoms with Gasteiger partial charge >= 0.3 is 0 Å². The normalized spacial score (nSPS) is 13.0. The largest absolute Gasteiger partial charge is 0.497 e. The summed E-state index contributed by atoms with van der Waals surface area (Å²) >= 11 is 0. The molecule has 0 saturated heterocycles. The van der Waals surface area contributed by atoms with Crippen LogP contribution in [0.1, 0.15) is 12.0 Å². The smallest absolute Gasteiger partial charge is 0.264 e. The fraction of sp³-hybridized carbons (Fsp3) is 0.208. The van der Waals surface area contributed by atoms with E-state index in [1.54, 1.807) is 7.11 Å². The van der Waals surface area contributed by atoms with Gasteiger partial charge in [0, 0.05) is 17.8 Å². The van der Waals surface area contributed by atoms with Gasteiger partial charge in [0.2, 0.25) is 0 Å². The Morgan fingerprint density at radius 2 is 1.79 bits per heavy atom. The Balaban J connectivity index is 1.51. The van der Waals surface area contributed by atoms with Crippen molar-refractivity contribution in [3.63, 3.8) is 0 Å². The molecule has 3 aromatic rings. The lowest BCUT2D eigenvalue weighted by Gasteiger charge is -2.29. The third kappa shape index (κ3) is 3.72. The molecule has 4 nitrogen and oxygen atoms in total. The lowest BCUT2D eigenvalue weighted by Crippen LogP contribution is -2.38. The molecule has 0 spiro atoms. The molecule has 4 rings (SSSR count). The zero-order valence-electron chi connectivity index (χ0n) is 15.9. The molecule has 0 fully saturated rings. The Labute approximate surface area is 165 Å². The molecule has 142 valence electrons. The molecule has 0 bridgehead atoms. The third-order valence-corrected chi connectivity index (χ3v) is 5.03. The lowest BCUT2D eigenvalue weighted by molar-refractivity contribution is -0.120. The first-order valence-electron chi connectivity index (χ1n) is 9.51. The van der Waals surface area contributed by atoms with E-state index in [2.05, 4.69) is 0 Å². The number of methoxy groups -OCH3 is 1. The summed E-state index contributed by atoms with van der Waals surface area (Å²) in [7, 11) is 1.66. The SMILES string of the molecule is COc1ccc2c(c1)CCCN2C(=O)COc1ccccc1-c1ccccc1. The highest BCUT2D eigenvalue weighted by molar-refractivity contribution is 5.95. The van der Waals surface area contributed by atoms with Crippen LogP contribution in [0, 0.1) is 0 Å². The predicted molar refractivity (Wildman–Crippen MR) is 111 cm³/mol. The van der Waals surface area contributed by atoms with E-state index >= 15 is 0 Å². The number of benzene rings is 3. The minimum atomic E-state index is -0.0334. The van der Waals surface area contributed by atoms with Crippen LogP contribution in [-0.2, 0) is 11.2 Å². The van der Waals surface area contributed by atoms with Gasteiger partial charge in [0.15, 0.2) is 6.61 Å². The van der Waals surface area contributed by atoms with Gasteiger partial charge in [-0.2, -0.15) is 0 Å². The average molecular weight is 373 g/mol. The second kappa shape index (κ2) is 8.17. The molecule has 1 heterocycles. The van der Waals surface area contributed by atoms with Crippen LogP contribution < -0.4 is 14.4 Å². The summed E-state index contributed by atoms with van der Waals surface area (Å²) in [4.78, 5) is 14.7. The van der Waals surface area contributed by atoms with E-state index in [-0.39, 0.29) is 12.5 Å². The van der Waals surface area contributed by atoms with Crippen molar-refractivity contribution in [3.8, 4) is 22.6 Å². The van der Waals surface area contributed by atoms with Gasteiger partial charge in [0.1, 0.15) is 11.5 Å². The van der Waals surface area contributed by atoms with Crippen molar-refractivity contribution in [2.24, 2.45) is 0 Å². The Bertz CT molecular complexity index is 969. The lowest BCUT2D eigenvalue weighted by atomic mass is 10.0. The predicted octanol–water partition coefficient (Wildman–Crippen LogP) is 4.72. The van der Waals surface area contributed by atoms with Gasteiger partial charge in [-0.1, -0.05) is 48.5 Å². The van der Waals surface area contributed by atoms with E-state index in [1.807, 2.05) is 77.7 Å². The van der Waals surface area contributed by atoms with Gasteiger partial charge in [0.25, 0.3) is 5.91 Å². The van der Waals surface area contributed by atoms with Crippen LogP contribution in [0.2, 0.25) is 0 Å². The molecule has 4 heteroatoms. The van der Waals surface area contributed by atoms with Crippen molar-refractivity contribution in [3.05, 3.63) is 78.4 Å². The van der Waals surface area contributed by atoms with Crippen molar-refractivity contribution in [2.45, 2.75) is 12.8 Å².